The number of benzene rings is 1. The predicted molar refractivity (Wildman–Crippen MR) is 100 cm³/mol. The molecular weight excluding hydrogens is 382 g/mol. The van der Waals surface area contributed by atoms with Crippen LogP contribution in [-0.4, -0.2) is 49.7 Å². The Hall–Kier alpha value is -3.30. The third-order valence-electron chi connectivity index (χ3n) is 4.65. The first-order valence-corrected chi connectivity index (χ1v) is 9.27. The largest absolute Gasteiger partial charge is 0.486 e. The third-order valence-corrected chi connectivity index (χ3v) is 4.65. The van der Waals surface area contributed by atoms with E-state index < -0.39 is 29.9 Å². The molecule has 2 heterocycles. The maximum absolute atomic E-state index is 12.6. The number of anilines is 1. The zero-order valence-electron chi connectivity index (χ0n) is 16.2. The molecule has 0 unspecified atom stereocenters. The summed E-state index contributed by atoms with van der Waals surface area (Å²) in [5.74, 6) is -1.71. The maximum Gasteiger partial charge on any atom is 0.318 e. The number of primary amides is 1. The first-order valence-electron chi connectivity index (χ1n) is 9.27. The normalized spacial score (nSPS) is 19.1. The average Bonchev–Trinajstić information content (AvgIpc) is 3.06. The smallest absolute Gasteiger partial charge is 0.318 e. The van der Waals surface area contributed by atoms with Crippen molar-refractivity contribution >= 4 is 29.5 Å². The zero-order valence-corrected chi connectivity index (χ0v) is 16.2. The Morgan fingerprint density at radius 2 is 1.90 bits per heavy atom. The van der Waals surface area contributed by atoms with E-state index in [4.69, 9.17) is 19.9 Å². The van der Waals surface area contributed by atoms with Crippen molar-refractivity contribution in [2.45, 2.75) is 26.4 Å². The van der Waals surface area contributed by atoms with E-state index in [1.54, 1.807) is 32.0 Å². The summed E-state index contributed by atoms with van der Waals surface area (Å²) in [5.41, 5.74) is 5.54. The minimum absolute atomic E-state index is 0.0461. The highest BCUT2D eigenvalue weighted by Gasteiger charge is 2.39. The first-order chi connectivity index (χ1) is 13.8. The Bertz CT molecular complexity index is 839. The summed E-state index contributed by atoms with van der Waals surface area (Å²) in [6.45, 7) is 4.33. The van der Waals surface area contributed by atoms with Crippen LogP contribution in [0.15, 0.2) is 18.2 Å². The fourth-order valence-corrected chi connectivity index (χ4v) is 3.22. The predicted octanol–water partition coefficient (Wildman–Crippen LogP) is 0.573. The second-order valence-electron chi connectivity index (χ2n) is 7.19. The molecule has 2 aliphatic rings. The fourth-order valence-electron chi connectivity index (χ4n) is 3.22. The molecule has 0 radical (unpaired) electrons. The number of amides is 4. The molecule has 1 aromatic rings. The van der Waals surface area contributed by atoms with Gasteiger partial charge in [-0.2, -0.15) is 0 Å². The first kappa shape index (κ1) is 20.4. The van der Waals surface area contributed by atoms with E-state index in [0.29, 0.717) is 30.4 Å². The molecule has 10 heteroatoms. The molecule has 0 aliphatic carbocycles. The Morgan fingerprint density at radius 3 is 2.55 bits per heavy atom. The van der Waals surface area contributed by atoms with Crippen LogP contribution in [0.5, 0.6) is 11.5 Å². The van der Waals surface area contributed by atoms with Gasteiger partial charge in [0, 0.05) is 24.7 Å². The van der Waals surface area contributed by atoms with Gasteiger partial charge < -0.3 is 24.8 Å². The minimum atomic E-state index is -1.19. The van der Waals surface area contributed by atoms with E-state index >= 15 is 0 Å². The number of imide groups is 1. The van der Waals surface area contributed by atoms with Gasteiger partial charge in [-0.25, -0.2) is 4.79 Å². The second-order valence-corrected chi connectivity index (χ2v) is 7.19. The molecule has 3 N–H and O–H groups in total. The second kappa shape index (κ2) is 8.38. The van der Waals surface area contributed by atoms with E-state index in [2.05, 4.69) is 0 Å². The lowest BCUT2D eigenvalue weighted by Gasteiger charge is -2.23. The summed E-state index contributed by atoms with van der Waals surface area (Å²) in [4.78, 5) is 49.4. The van der Waals surface area contributed by atoms with Crippen molar-refractivity contribution in [1.82, 2.24) is 5.32 Å². The summed E-state index contributed by atoms with van der Waals surface area (Å²) < 4.78 is 16.3. The highest BCUT2D eigenvalue weighted by Crippen LogP contribution is 2.36. The van der Waals surface area contributed by atoms with E-state index in [9.17, 15) is 19.2 Å². The molecule has 0 aromatic heterocycles. The van der Waals surface area contributed by atoms with Crippen molar-refractivity contribution in [3.8, 4) is 11.5 Å². The number of carbonyl (C=O) groups excluding carboxylic acids is 4. The van der Waals surface area contributed by atoms with Gasteiger partial charge in [-0.05, 0) is 18.1 Å². The molecule has 0 bridgehead atoms. The number of hydrogen-bond acceptors (Lipinski definition) is 7. The lowest BCUT2D eigenvalue weighted by molar-refractivity contribution is -0.161. The van der Waals surface area contributed by atoms with Crippen molar-refractivity contribution in [3.63, 3.8) is 0 Å². The van der Waals surface area contributed by atoms with Crippen LogP contribution in [-0.2, 0) is 19.1 Å². The summed E-state index contributed by atoms with van der Waals surface area (Å²) in [7, 11) is 0. The van der Waals surface area contributed by atoms with Gasteiger partial charge >= 0.3 is 12.0 Å². The molecule has 1 fully saturated rings. The van der Waals surface area contributed by atoms with E-state index in [1.807, 2.05) is 5.32 Å². The van der Waals surface area contributed by atoms with Crippen LogP contribution < -0.4 is 25.4 Å². The van der Waals surface area contributed by atoms with Crippen molar-refractivity contribution in [2.24, 2.45) is 17.6 Å². The van der Waals surface area contributed by atoms with Gasteiger partial charge in [0.2, 0.25) is 5.91 Å². The molecule has 2 aliphatic heterocycles. The van der Waals surface area contributed by atoms with Gasteiger partial charge in [0.1, 0.15) is 13.2 Å². The summed E-state index contributed by atoms with van der Waals surface area (Å²) in [6, 6.07) is 4.09. The SMILES string of the molecule is CC(C)[C@H](OC(=O)[C@H]1CC(=O)N(c2ccc3c(c2)OCCO3)C1)C(=O)NC(N)=O. The zero-order chi connectivity index (χ0) is 21.1. The van der Waals surface area contributed by atoms with Crippen LogP contribution in [0.3, 0.4) is 0 Å². The number of esters is 1. The highest BCUT2D eigenvalue weighted by molar-refractivity contribution is 6.00. The van der Waals surface area contributed by atoms with Crippen LogP contribution >= 0.6 is 0 Å². The maximum atomic E-state index is 12.6. The van der Waals surface area contributed by atoms with Gasteiger partial charge in [-0.1, -0.05) is 13.8 Å². The van der Waals surface area contributed by atoms with Crippen LogP contribution in [0.1, 0.15) is 20.3 Å². The fraction of sp³-hybridized carbons (Fsp3) is 0.474. The van der Waals surface area contributed by atoms with Crippen molar-refractivity contribution in [1.29, 1.82) is 0 Å². The lowest BCUT2D eigenvalue weighted by Crippen LogP contribution is -2.46. The molecule has 10 nitrogen and oxygen atoms in total. The molecule has 4 amide bonds. The summed E-state index contributed by atoms with van der Waals surface area (Å²) in [5, 5.41) is 1.91. The standard InChI is InChI=1S/C19H23N3O7/c1-10(2)16(17(24)21-19(20)26)29-18(25)11-7-15(23)22(9-11)12-3-4-13-14(8-12)28-6-5-27-13/h3-4,8,10-11,16H,5-7,9H2,1-2H3,(H3,20,21,24,26)/t11-,16-/m0/s1. The third kappa shape index (κ3) is 4.58. The molecule has 3 rings (SSSR count). The molecule has 1 saturated heterocycles. The number of fused-ring (bicyclic) bond motifs is 1. The molecule has 0 spiro atoms. The highest BCUT2D eigenvalue weighted by atomic mass is 16.6. The molecule has 156 valence electrons. The quantitative estimate of drug-likeness (QED) is 0.683. The number of nitrogens with one attached hydrogen (secondary N) is 1. The summed E-state index contributed by atoms with van der Waals surface area (Å²) >= 11 is 0. The van der Waals surface area contributed by atoms with Crippen LogP contribution in [0.2, 0.25) is 0 Å². The number of nitrogens with zero attached hydrogens (tertiary/aromatic N) is 1. The number of carbonyl (C=O) groups is 4. The Kier molecular flexibility index (Phi) is 5.90. The molecule has 0 saturated carbocycles. The molecule has 29 heavy (non-hydrogen) atoms. The van der Waals surface area contributed by atoms with Crippen molar-refractivity contribution < 1.29 is 33.4 Å². The van der Waals surface area contributed by atoms with Crippen molar-refractivity contribution in [2.75, 3.05) is 24.7 Å². The topological polar surface area (TPSA) is 137 Å². The number of ether oxygens (including phenoxy) is 3. The Balaban J connectivity index is 1.68. The summed E-state index contributed by atoms with van der Waals surface area (Å²) in [6.07, 6.45) is -1.23. The number of urea groups is 1. The van der Waals surface area contributed by atoms with E-state index in [1.165, 1.54) is 4.90 Å². The van der Waals surface area contributed by atoms with Crippen molar-refractivity contribution in [3.05, 3.63) is 18.2 Å². The lowest BCUT2D eigenvalue weighted by atomic mass is 10.1. The van der Waals surface area contributed by atoms with E-state index in [0.717, 1.165) is 0 Å². The Morgan fingerprint density at radius 1 is 1.21 bits per heavy atom. The molecule has 1 aromatic carbocycles. The van der Waals surface area contributed by atoms with Gasteiger partial charge in [0.25, 0.3) is 5.91 Å². The van der Waals surface area contributed by atoms with Gasteiger partial charge in [-0.15, -0.1) is 0 Å². The van der Waals surface area contributed by atoms with E-state index in [-0.39, 0.29) is 24.8 Å². The number of nitrogens with two attached hydrogens (primary N) is 1. The number of rotatable bonds is 5. The molecule has 2 atom stereocenters. The van der Waals surface area contributed by atoms with Crippen LogP contribution in [0, 0.1) is 11.8 Å². The Labute approximate surface area is 167 Å². The van der Waals surface area contributed by atoms with Crippen LogP contribution in [0.4, 0.5) is 10.5 Å². The van der Waals surface area contributed by atoms with Gasteiger partial charge in [0.15, 0.2) is 17.6 Å². The number of hydrogen-bond donors (Lipinski definition) is 2. The molecular formula is C19H23N3O7. The minimum Gasteiger partial charge on any atom is -0.486 e. The average molecular weight is 405 g/mol. The monoisotopic (exact) mass is 405 g/mol. The van der Waals surface area contributed by atoms with Gasteiger partial charge in [0.05, 0.1) is 5.92 Å². The van der Waals surface area contributed by atoms with Gasteiger partial charge in [-0.3, -0.25) is 19.7 Å². The van der Waals surface area contributed by atoms with Crippen LogP contribution in [0.25, 0.3) is 0 Å².